The Bertz CT molecular complexity index is 608. The van der Waals surface area contributed by atoms with Gasteiger partial charge in [-0.2, -0.15) is 4.98 Å². The summed E-state index contributed by atoms with van der Waals surface area (Å²) in [6, 6.07) is 1.45. The highest BCUT2D eigenvalue weighted by Gasteiger charge is 2.20. The molecule has 1 aromatic heterocycles. The maximum absolute atomic E-state index is 12.3. The number of nitrogens with two attached hydrogens (primary N) is 1. The molecule has 0 saturated carbocycles. The molecule has 0 spiro atoms. The van der Waals surface area contributed by atoms with Crippen LogP contribution in [0, 0.1) is 0 Å². The van der Waals surface area contributed by atoms with Gasteiger partial charge < -0.3 is 24.6 Å². The number of hydrogen-bond acceptors (Lipinski definition) is 8. The zero-order valence-electron chi connectivity index (χ0n) is 13.1. The van der Waals surface area contributed by atoms with Crippen LogP contribution in [0.25, 0.3) is 0 Å². The Balaban J connectivity index is 2.71. The van der Waals surface area contributed by atoms with E-state index in [4.69, 9.17) is 19.5 Å². The molecule has 0 amide bonds. The number of hydrogen-bond donors (Lipinski definition) is 2. The second kappa shape index (κ2) is 9.59. The highest BCUT2D eigenvalue weighted by atomic mass is 31.2. The summed E-state index contributed by atoms with van der Waals surface area (Å²) < 4.78 is 29.0. The predicted molar refractivity (Wildman–Crippen MR) is 84.9 cm³/mol. The minimum absolute atomic E-state index is 0.110. The average Bonchev–Trinajstić information content (AvgIpc) is 2.49. The number of nitrogen functional groups attached to an aromatic ring is 1. The molecule has 0 saturated heterocycles. The highest BCUT2D eigenvalue weighted by molar-refractivity contribution is 7.57. The van der Waals surface area contributed by atoms with Gasteiger partial charge in [-0.15, -0.1) is 0 Å². The highest BCUT2D eigenvalue weighted by Crippen LogP contribution is 2.49. The third-order valence-electron chi connectivity index (χ3n) is 2.60. The number of aliphatic hydroxyl groups excluding tert-OH is 1. The molecule has 0 aliphatic carbocycles. The molecule has 1 unspecified atom stereocenters. The van der Waals surface area contributed by atoms with Crippen molar-refractivity contribution in [2.45, 2.75) is 26.7 Å². The van der Waals surface area contributed by atoms with E-state index in [1.165, 1.54) is 28.7 Å². The molecule has 23 heavy (non-hydrogen) atoms. The van der Waals surface area contributed by atoms with Crippen LogP contribution in [0.5, 0.6) is 0 Å². The number of rotatable bonds is 10. The van der Waals surface area contributed by atoms with E-state index < -0.39 is 19.4 Å². The van der Waals surface area contributed by atoms with Crippen molar-refractivity contribution in [1.82, 2.24) is 9.55 Å². The van der Waals surface area contributed by atoms with Crippen molar-refractivity contribution in [2.24, 2.45) is 0 Å². The molecule has 0 aliphatic rings. The van der Waals surface area contributed by atoms with Crippen molar-refractivity contribution in [3.05, 3.63) is 34.6 Å². The molecule has 0 fully saturated rings. The van der Waals surface area contributed by atoms with Gasteiger partial charge in [-0.05, 0) is 26.0 Å². The number of aromatic nitrogens is 2. The fourth-order valence-electron chi connectivity index (χ4n) is 1.57. The summed E-state index contributed by atoms with van der Waals surface area (Å²) >= 11 is 0. The standard InChI is InChI=1S/C13H22N3O6P/c1-3-21-23(19,22-4-2)8-6-11(9-17)20-10-16-7-5-12(14)15-13(16)18/h5-8,11,17H,3-4,9-10H2,1-2H3,(H2,14,15,18). The summed E-state index contributed by atoms with van der Waals surface area (Å²) in [6.45, 7) is 3.32. The van der Waals surface area contributed by atoms with Crippen molar-refractivity contribution in [1.29, 1.82) is 0 Å². The molecule has 0 bridgehead atoms. The van der Waals surface area contributed by atoms with E-state index in [0.29, 0.717) is 0 Å². The molecular weight excluding hydrogens is 325 g/mol. The second-order valence-corrected chi connectivity index (χ2v) is 6.23. The van der Waals surface area contributed by atoms with Gasteiger partial charge in [0.1, 0.15) is 18.7 Å². The van der Waals surface area contributed by atoms with E-state index in [1.807, 2.05) is 0 Å². The van der Waals surface area contributed by atoms with Gasteiger partial charge in [0.05, 0.1) is 19.8 Å². The summed E-state index contributed by atoms with van der Waals surface area (Å²) in [4.78, 5) is 15.1. The zero-order chi connectivity index (χ0) is 17.3. The average molecular weight is 347 g/mol. The maximum Gasteiger partial charge on any atom is 0.353 e. The monoisotopic (exact) mass is 347 g/mol. The van der Waals surface area contributed by atoms with Crippen LogP contribution in [0.2, 0.25) is 0 Å². The first kappa shape index (κ1) is 19.5. The predicted octanol–water partition coefficient (Wildman–Crippen LogP) is 0.940. The molecule has 1 aromatic rings. The number of ether oxygens (including phenoxy) is 1. The first-order valence-electron chi connectivity index (χ1n) is 7.07. The van der Waals surface area contributed by atoms with Crippen LogP contribution in [-0.4, -0.2) is 40.6 Å². The van der Waals surface area contributed by atoms with Crippen LogP contribution in [0.3, 0.4) is 0 Å². The van der Waals surface area contributed by atoms with Crippen LogP contribution in [-0.2, 0) is 25.1 Å². The van der Waals surface area contributed by atoms with E-state index in [9.17, 15) is 14.5 Å². The summed E-state index contributed by atoms with van der Waals surface area (Å²) in [5, 5.41) is 9.30. The lowest BCUT2D eigenvalue weighted by Gasteiger charge is -2.15. The Labute approximate surface area is 134 Å². The molecule has 1 heterocycles. The van der Waals surface area contributed by atoms with Crippen LogP contribution in [0.4, 0.5) is 5.82 Å². The van der Waals surface area contributed by atoms with E-state index in [2.05, 4.69) is 4.98 Å². The Morgan fingerprint density at radius 3 is 2.61 bits per heavy atom. The zero-order valence-corrected chi connectivity index (χ0v) is 14.0. The Hall–Kier alpha value is -1.51. The summed E-state index contributed by atoms with van der Waals surface area (Å²) in [6.07, 6.45) is 2.02. The molecule has 10 heteroatoms. The first-order valence-corrected chi connectivity index (χ1v) is 8.68. The smallest absolute Gasteiger partial charge is 0.353 e. The molecule has 0 radical (unpaired) electrons. The van der Waals surface area contributed by atoms with Crippen LogP contribution in [0.15, 0.2) is 29.0 Å². The van der Waals surface area contributed by atoms with Gasteiger partial charge in [-0.1, -0.05) is 0 Å². The minimum Gasteiger partial charge on any atom is -0.393 e. The van der Waals surface area contributed by atoms with Gasteiger partial charge in [0.2, 0.25) is 0 Å². The Morgan fingerprint density at radius 2 is 2.09 bits per heavy atom. The van der Waals surface area contributed by atoms with Crippen LogP contribution < -0.4 is 11.4 Å². The number of aliphatic hydroxyl groups is 1. The molecule has 9 nitrogen and oxygen atoms in total. The summed E-state index contributed by atoms with van der Waals surface area (Å²) in [7, 11) is -3.37. The van der Waals surface area contributed by atoms with Crippen molar-refractivity contribution < 1.29 is 23.5 Å². The number of anilines is 1. The Kier molecular flexibility index (Phi) is 8.15. The first-order chi connectivity index (χ1) is 10.9. The fraction of sp³-hybridized carbons (Fsp3) is 0.538. The second-order valence-electron chi connectivity index (χ2n) is 4.34. The van der Waals surface area contributed by atoms with Crippen molar-refractivity contribution >= 4 is 13.4 Å². The van der Waals surface area contributed by atoms with Crippen LogP contribution in [0.1, 0.15) is 13.8 Å². The lowest BCUT2D eigenvalue weighted by molar-refractivity contribution is 0.00126. The lowest BCUT2D eigenvalue weighted by Crippen LogP contribution is -2.27. The molecule has 1 atom stereocenters. The van der Waals surface area contributed by atoms with E-state index in [1.54, 1.807) is 13.8 Å². The minimum atomic E-state index is -3.37. The van der Waals surface area contributed by atoms with Crippen molar-refractivity contribution in [3.8, 4) is 0 Å². The SMILES string of the molecule is CCOP(=O)(C=CC(CO)OCn1ccc(N)nc1=O)OCC. The quantitative estimate of drug-likeness (QED) is 0.599. The van der Waals surface area contributed by atoms with Crippen LogP contribution >= 0.6 is 7.60 Å². The molecule has 1 rings (SSSR count). The molecule has 3 N–H and O–H groups in total. The molecular formula is C13H22N3O6P. The van der Waals surface area contributed by atoms with Gasteiger partial charge in [0.25, 0.3) is 0 Å². The normalized spacial score (nSPS) is 13.5. The van der Waals surface area contributed by atoms with Crippen molar-refractivity contribution in [2.75, 3.05) is 25.6 Å². The third kappa shape index (κ3) is 6.64. The van der Waals surface area contributed by atoms with Crippen molar-refractivity contribution in [3.63, 3.8) is 0 Å². The molecule has 130 valence electrons. The van der Waals surface area contributed by atoms with E-state index >= 15 is 0 Å². The van der Waals surface area contributed by atoms with Gasteiger partial charge >= 0.3 is 13.3 Å². The Morgan fingerprint density at radius 1 is 1.43 bits per heavy atom. The third-order valence-corrected chi connectivity index (χ3v) is 4.38. The maximum atomic E-state index is 12.3. The van der Waals surface area contributed by atoms with E-state index in [-0.39, 0.29) is 32.4 Å². The van der Waals surface area contributed by atoms with Gasteiger partial charge in [0.15, 0.2) is 0 Å². The number of nitrogens with zero attached hydrogens (tertiary/aromatic N) is 2. The summed E-state index contributed by atoms with van der Waals surface area (Å²) in [5.74, 6) is 1.35. The summed E-state index contributed by atoms with van der Waals surface area (Å²) in [5.41, 5.74) is 4.82. The van der Waals surface area contributed by atoms with Gasteiger partial charge in [-0.25, -0.2) is 4.79 Å². The molecule has 0 aliphatic heterocycles. The van der Waals surface area contributed by atoms with E-state index in [0.717, 1.165) is 0 Å². The molecule has 0 aromatic carbocycles. The fourth-order valence-corrected chi connectivity index (χ4v) is 2.94. The largest absolute Gasteiger partial charge is 0.393 e. The topological polar surface area (TPSA) is 126 Å². The van der Waals surface area contributed by atoms with Gasteiger partial charge in [-0.3, -0.25) is 9.13 Å². The lowest BCUT2D eigenvalue weighted by atomic mass is 10.4. The van der Waals surface area contributed by atoms with Gasteiger partial charge in [0, 0.05) is 12.0 Å².